The van der Waals surface area contributed by atoms with E-state index in [2.05, 4.69) is 15.9 Å². The normalized spacial score (nSPS) is 12.8. The fourth-order valence-electron chi connectivity index (χ4n) is 2.46. The standard InChI is InChI=1S/C17H16BrF3O2/c1-22-15-8-12(14(18)9-16(15)23-2)13(10-17(19,20)21)11-6-4-3-5-7-11/h3-9,13H,10H2,1-2H3/t13-/m0/s1. The van der Waals surface area contributed by atoms with Crippen molar-refractivity contribution in [2.75, 3.05) is 14.2 Å². The van der Waals surface area contributed by atoms with Crippen LogP contribution >= 0.6 is 15.9 Å². The van der Waals surface area contributed by atoms with Crippen LogP contribution in [-0.2, 0) is 0 Å². The first kappa shape index (κ1) is 17.7. The summed E-state index contributed by atoms with van der Waals surface area (Å²) in [5.74, 6) is 0.0288. The van der Waals surface area contributed by atoms with Gasteiger partial charge in [-0.15, -0.1) is 0 Å². The van der Waals surface area contributed by atoms with Gasteiger partial charge in [-0.1, -0.05) is 46.3 Å². The molecular formula is C17H16BrF3O2. The Balaban J connectivity index is 2.55. The van der Waals surface area contributed by atoms with Crippen LogP contribution in [0.25, 0.3) is 0 Å². The van der Waals surface area contributed by atoms with Crippen molar-refractivity contribution in [2.24, 2.45) is 0 Å². The van der Waals surface area contributed by atoms with Crippen LogP contribution in [0.4, 0.5) is 13.2 Å². The Bertz CT molecular complexity index is 657. The van der Waals surface area contributed by atoms with E-state index in [4.69, 9.17) is 9.47 Å². The van der Waals surface area contributed by atoms with Gasteiger partial charge in [0.05, 0.1) is 20.6 Å². The summed E-state index contributed by atoms with van der Waals surface area (Å²) >= 11 is 3.35. The molecule has 0 saturated heterocycles. The molecule has 0 radical (unpaired) electrons. The van der Waals surface area contributed by atoms with Crippen LogP contribution < -0.4 is 9.47 Å². The van der Waals surface area contributed by atoms with Gasteiger partial charge >= 0.3 is 6.18 Å². The highest BCUT2D eigenvalue weighted by molar-refractivity contribution is 9.10. The maximum Gasteiger partial charge on any atom is 0.390 e. The molecule has 2 aromatic carbocycles. The zero-order valence-electron chi connectivity index (χ0n) is 12.7. The highest BCUT2D eigenvalue weighted by Crippen LogP contribution is 2.43. The zero-order chi connectivity index (χ0) is 17.0. The van der Waals surface area contributed by atoms with Crippen molar-refractivity contribution < 1.29 is 22.6 Å². The molecule has 0 N–H and O–H groups in total. The Hall–Kier alpha value is -1.69. The number of hydrogen-bond donors (Lipinski definition) is 0. The summed E-state index contributed by atoms with van der Waals surface area (Å²) in [5.41, 5.74) is 1.10. The lowest BCUT2D eigenvalue weighted by atomic mass is 9.88. The van der Waals surface area contributed by atoms with Gasteiger partial charge in [-0.2, -0.15) is 13.2 Å². The van der Waals surface area contributed by atoms with E-state index in [-0.39, 0.29) is 0 Å². The summed E-state index contributed by atoms with van der Waals surface area (Å²) in [6.07, 6.45) is -5.24. The first-order valence-electron chi connectivity index (χ1n) is 6.89. The third-order valence-corrected chi connectivity index (χ3v) is 4.20. The number of hydrogen-bond acceptors (Lipinski definition) is 2. The van der Waals surface area contributed by atoms with Crippen LogP contribution in [-0.4, -0.2) is 20.4 Å². The summed E-state index contributed by atoms with van der Waals surface area (Å²) in [6.45, 7) is 0. The first-order valence-corrected chi connectivity index (χ1v) is 7.68. The van der Waals surface area contributed by atoms with Crippen LogP contribution in [0.5, 0.6) is 11.5 Å². The molecule has 2 rings (SSSR count). The molecule has 0 fully saturated rings. The van der Waals surface area contributed by atoms with Gasteiger partial charge in [-0.05, 0) is 23.3 Å². The molecule has 0 unspecified atom stereocenters. The molecule has 2 nitrogen and oxygen atoms in total. The molecule has 0 aliphatic heterocycles. The first-order chi connectivity index (χ1) is 10.9. The maximum atomic E-state index is 13.1. The molecule has 23 heavy (non-hydrogen) atoms. The molecule has 0 aliphatic carbocycles. The van der Waals surface area contributed by atoms with Gasteiger partial charge in [0, 0.05) is 10.4 Å². The fourth-order valence-corrected chi connectivity index (χ4v) is 3.06. The predicted octanol–water partition coefficient (Wildman–Crippen LogP) is 5.55. The predicted molar refractivity (Wildman–Crippen MR) is 86.2 cm³/mol. The van der Waals surface area contributed by atoms with Gasteiger partial charge in [0.25, 0.3) is 0 Å². The quantitative estimate of drug-likeness (QED) is 0.668. The Morgan fingerprint density at radius 1 is 1.00 bits per heavy atom. The van der Waals surface area contributed by atoms with Crippen LogP contribution in [0.15, 0.2) is 46.9 Å². The van der Waals surface area contributed by atoms with Crippen molar-refractivity contribution in [1.29, 1.82) is 0 Å². The molecule has 0 bridgehead atoms. The Morgan fingerprint density at radius 2 is 1.57 bits per heavy atom. The second kappa shape index (κ2) is 7.25. The molecule has 0 amide bonds. The number of halogens is 4. The molecule has 0 spiro atoms. The van der Waals surface area contributed by atoms with Crippen molar-refractivity contribution in [2.45, 2.75) is 18.5 Å². The maximum absolute atomic E-state index is 13.1. The Labute approximate surface area is 141 Å². The van der Waals surface area contributed by atoms with Crippen LogP contribution in [0.1, 0.15) is 23.5 Å². The number of benzene rings is 2. The monoisotopic (exact) mass is 388 g/mol. The third kappa shape index (κ3) is 4.41. The molecule has 2 aromatic rings. The number of rotatable bonds is 5. The SMILES string of the molecule is COc1cc(Br)c([C@@H](CC(F)(F)F)c2ccccc2)cc1OC. The highest BCUT2D eigenvalue weighted by Gasteiger charge is 2.34. The van der Waals surface area contributed by atoms with E-state index in [1.165, 1.54) is 14.2 Å². The van der Waals surface area contributed by atoms with E-state index in [0.717, 1.165) is 0 Å². The van der Waals surface area contributed by atoms with E-state index in [1.54, 1.807) is 42.5 Å². The molecule has 0 saturated carbocycles. The van der Waals surface area contributed by atoms with E-state index in [1.807, 2.05) is 0 Å². The lowest BCUT2D eigenvalue weighted by molar-refractivity contribution is -0.136. The molecule has 0 aromatic heterocycles. The average molecular weight is 389 g/mol. The largest absolute Gasteiger partial charge is 0.493 e. The summed E-state index contributed by atoms with van der Waals surface area (Å²) in [7, 11) is 2.94. The van der Waals surface area contributed by atoms with E-state index in [9.17, 15) is 13.2 Å². The minimum absolute atomic E-state index is 0.397. The number of alkyl halides is 3. The third-order valence-electron chi connectivity index (χ3n) is 3.52. The lowest BCUT2D eigenvalue weighted by Gasteiger charge is -2.22. The van der Waals surface area contributed by atoms with Gasteiger partial charge in [0.15, 0.2) is 11.5 Å². The summed E-state index contributed by atoms with van der Waals surface area (Å²) in [5, 5.41) is 0. The average Bonchev–Trinajstić information content (AvgIpc) is 2.52. The van der Waals surface area contributed by atoms with Crippen molar-refractivity contribution in [3.8, 4) is 11.5 Å². The van der Waals surface area contributed by atoms with Crippen LogP contribution in [0.3, 0.4) is 0 Å². The second-order valence-corrected chi connectivity index (χ2v) is 5.87. The van der Waals surface area contributed by atoms with Gasteiger partial charge in [0.1, 0.15) is 0 Å². The molecule has 0 heterocycles. The number of methoxy groups -OCH3 is 2. The van der Waals surface area contributed by atoms with Crippen LogP contribution in [0.2, 0.25) is 0 Å². The van der Waals surface area contributed by atoms with Crippen molar-refractivity contribution in [1.82, 2.24) is 0 Å². The minimum atomic E-state index is -4.28. The van der Waals surface area contributed by atoms with Crippen molar-refractivity contribution in [3.05, 3.63) is 58.1 Å². The smallest absolute Gasteiger partial charge is 0.390 e. The Kier molecular flexibility index (Phi) is 5.57. The molecule has 0 aliphatic rings. The minimum Gasteiger partial charge on any atom is -0.493 e. The highest BCUT2D eigenvalue weighted by atomic mass is 79.9. The van der Waals surface area contributed by atoms with Crippen LogP contribution in [0, 0.1) is 0 Å². The Morgan fingerprint density at radius 3 is 2.09 bits per heavy atom. The second-order valence-electron chi connectivity index (χ2n) is 5.01. The fraction of sp³-hybridized carbons (Fsp3) is 0.294. The summed E-state index contributed by atoms with van der Waals surface area (Å²) in [6, 6.07) is 11.8. The summed E-state index contributed by atoms with van der Waals surface area (Å²) in [4.78, 5) is 0. The van der Waals surface area contributed by atoms with Gasteiger partial charge in [0.2, 0.25) is 0 Å². The zero-order valence-corrected chi connectivity index (χ0v) is 14.2. The molecular weight excluding hydrogens is 373 g/mol. The van der Waals surface area contributed by atoms with Gasteiger partial charge in [-0.3, -0.25) is 0 Å². The summed E-state index contributed by atoms with van der Waals surface area (Å²) < 4.78 is 50.1. The van der Waals surface area contributed by atoms with E-state index < -0.39 is 18.5 Å². The molecule has 124 valence electrons. The molecule has 1 atom stereocenters. The topological polar surface area (TPSA) is 18.5 Å². The lowest BCUT2D eigenvalue weighted by Crippen LogP contribution is -2.15. The van der Waals surface area contributed by atoms with E-state index >= 15 is 0 Å². The van der Waals surface area contributed by atoms with E-state index in [0.29, 0.717) is 27.1 Å². The van der Waals surface area contributed by atoms with Gasteiger partial charge in [-0.25, -0.2) is 0 Å². The van der Waals surface area contributed by atoms with Gasteiger partial charge < -0.3 is 9.47 Å². The number of ether oxygens (including phenoxy) is 2. The molecule has 6 heteroatoms. The van der Waals surface area contributed by atoms with Crippen molar-refractivity contribution >= 4 is 15.9 Å². The van der Waals surface area contributed by atoms with Crippen molar-refractivity contribution in [3.63, 3.8) is 0 Å².